The third-order valence-electron chi connectivity index (χ3n) is 3.87. The number of rotatable bonds is 5. The molecule has 0 N–H and O–H groups in total. The van der Waals surface area contributed by atoms with E-state index in [1.54, 1.807) is 27.5 Å². The van der Waals surface area contributed by atoms with Crippen molar-refractivity contribution in [2.24, 2.45) is 4.99 Å². The second-order valence-electron chi connectivity index (χ2n) is 5.20. The van der Waals surface area contributed by atoms with Crippen LogP contribution in [0, 0.1) is 0 Å². The number of fused-ring (bicyclic) bond motifs is 1. The first-order chi connectivity index (χ1) is 11.8. The zero-order chi connectivity index (χ0) is 16.9. The van der Waals surface area contributed by atoms with Crippen molar-refractivity contribution in [1.82, 2.24) is 0 Å². The minimum Gasteiger partial charge on any atom is -0.497 e. The van der Waals surface area contributed by atoms with Crippen LogP contribution in [0.15, 0.2) is 59.6 Å². The van der Waals surface area contributed by atoms with Crippen LogP contribution in [-0.4, -0.2) is 27.5 Å². The first-order valence-corrected chi connectivity index (χ1v) is 7.58. The average Bonchev–Trinajstić information content (AvgIpc) is 2.65. The third kappa shape index (κ3) is 3.04. The quantitative estimate of drug-likeness (QED) is 0.644. The molecule has 0 saturated heterocycles. The van der Waals surface area contributed by atoms with Crippen LogP contribution in [0.3, 0.4) is 0 Å². The Morgan fingerprint density at radius 3 is 2.29 bits per heavy atom. The molecule has 4 heteroatoms. The van der Waals surface area contributed by atoms with E-state index in [4.69, 9.17) is 14.2 Å². The van der Waals surface area contributed by atoms with Crippen molar-refractivity contribution in [3.8, 4) is 17.2 Å². The van der Waals surface area contributed by atoms with Crippen LogP contribution in [-0.2, 0) is 0 Å². The van der Waals surface area contributed by atoms with Gasteiger partial charge in [0, 0.05) is 17.8 Å². The lowest BCUT2D eigenvalue weighted by Gasteiger charge is -2.09. The van der Waals surface area contributed by atoms with Gasteiger partial charge in [-0.2, -0.15) is 0 Å². The molecule has 3 aromatic carbocycles. The molecule has 3 rings (SSSR count). The molecule has 3 aromatic rings. The topological polar surface area (TPSA) is 40.0 Å². The van der Waals surface area contributed by atoms with Gasteiger partial charge in [0.1, 0.15) is 22.9 Å². The van der Waals surface area contributed by atoms with Crippen molar-refractivity contribution in [1.29, 1.82) is 0 Å². The summed E-state index contributed by atoms with van der Waals surface area (Å²) in [4.78, 5) is 4.60. The number of nitrogens with zero attached hydrogens (tertiary/aromatic N) is 1. The van der Waals surface area contributed by atoms with Crippen LogP contribution in [0.1, 0.15) is 5.56 Å². The Balaban J connectivity index is 2.11. The van der Waals surface area contributed by atoms with Gasteiger partial charge in [-0.1, -0.05) is 30.3 Å². The molecule has 0 atom stereocenters. The van der Waals surface area contributed by atoms with E-state index in [0.717, 1.165) is 27.8 Å². The summed E-state index contributed by atoms with van der Waals surface area (Å²) in [5, 5.41) is 2.22. The van der Waals surface area contributed by atoms with Gasteiger partial charge in [-0.15, -0.1) is 0 Å². The Morgan fingerprint density at radius 1 is 0.792 bits per heavy atom. The fraction of sp³-hybridized carbons (Fsp3) is 0.150. The Bertz CT molecular complexity index is 887. The Morgan fingerprint density at radius 2 is 1.54 bits per heavy atom. The molecule has 0 bridgehead atoms. The number of hydrogen-bond acceptors (Lipinski definition) is 4. The van der Waals surface area contributed by atoms with Crippen LogP contribution in [0.2, 0.25) is 0 Å². The fourth-order valence-electron chi connectivity index (χ4n) is 2.62. The summed E-state index contributed by atoms with van der Waals surface area (Å²) < 4.78 is 16.1. The van der Waals surface area contributed by atoms with Gasteiger partial charge in [0.2, 0.25) is 0 Å². The van der Waals surface area contributed by atoms with E-state index in [1.165, 1.54) is 0 Å². The zero-order valence-corrected chi connectivity index (χ0v) is 13.9. The van der Waals surface area contributed by atoms with Crippen molar-refractivity contribution in [2.75, 3.05) is 21.3 Å². The average molecular weight is 321 g/mol. The first-order valence-electron chi connectivity index (χ1n) is 7.58. The SMILES string of the molecule is COc1ccc(OC)c(N=Cc2c(OC)ccc3ccccc23)c1. The molecule has 0 saturated carbocycles. The molecule has 0 aliphatic carbocycles. The minimum atomic E-state index is 0.686. The lowest BCUT2D eigenvalue weighted by Crippen LogP contribution is -1.93. The highest BCUT2D eigenvalue weighted by atomic mass is 16.5. The number of ether oxygens (including phenoxy) is 3. The highest BCUT2D eigenvalue weighted by Crippen LogP contribution is 2.32. The van der Waals surface area contributed by atoms with E-state index in [1.807, 2.05) is 42.5 Å². The molecule has 24 heavy (non-hydrogen) atoms. The maximum Gasteiger partial charge on any atom is 0.144 e. The molecule has 0 spiro atoms. The van der Waals surface area contributed by atoms with Crippen molar-refractivity contribution < 1.29 is 14.2 Å². The van der Waals surface area contributed by atoms with Gasteiger partial charge < -0.3 is 14.2 Å². The maximum atomic E-state index is 5.50. The van der Waals surface area contributed by atoms with Crippen LogP contribution >= 0.6 is 0 Å². The van der Waals surface area contributed by atoms with Gasteiger partial charge >= 0.3 is 0 Å². The molecule has 0 fully saturated rings. The van der Waals surface area contributed by atoms with E-state index in [2.05, 4.69) is 17.1 Å². The van der Waals surface area contributed by atoms with Gasteiger partial charge in [-0.3, -0.25) is 4.99 Å². The Labute approximate surface area is 141 Å². The standard InChI is InChI=1S/C20H19NO3/c1-22-15-9-11-20(24-3)18(12-15)21-13-17-16-7-5-4-6-14(16)8-10-19(17)23-2/h4-13H,1-3H3. The summed E-state index contributed by atoms with van der Waals surface area (Å²) in [6.07, 6.45) is 1.80. The number of methoxy groups -OCH3 is 3. The second kappa shape index (κ2) is 7.04. The maximum absolute atomic E-state index is 5.50. The molecule has 4 nitrogen and oxygen atoms in total. The highest BCUT2D eigenvalue weighted by molar-refractivity contribution is 6.03. The number of benzene rings is 3. The molecule has 122 valence electrons. The molecule has 0 aromatic heterocycles. The molecule has 0 radical (unpaired) electrons. The van der Waals surface area contributed by atoms with Gasteiger partial charge in [0.15, 0.2) is 0 Å². The molecule has 0 aliphatic heterocycles. The normalized spacial score (nSPS) is 11.0. The predicted octanol–water partition coefficient (Wildman–Crippen LogP) is 4.62. The number of hydrogen-bond donors (Lipinski definition) is 0. The second-order valence-corrected chi connectivity index (χ2v) is 5.20. The first kappa shape index (κ1) is 15.9. The summed E-state index contributed by atoms with van der Waals surface area (Å²) in [5.41, 5.74) is 1.63. The van der Waals surface area contributed by atoms with Gasteiger partial charge in [-0.25, -0.2) is 0 Å². The van der Waals surface area contributed by atoms with Crippen molar-refractivity contribution in [3.63, 3.8) is 0 Å². The van der Waals surface area contributed by atoms with Crippen molar-refractivity contribution >= 4 is 22.7 Å². The van der Waals surface area contributed by atoms with Crippen LogP contribution in [0.25, 0.3) is 10.8 Å². The zero-order valence-electron chi connectivity index (χ0n) is 13.9. The smallest absolute Gasteiger partial charge is 0.144 e. The minimum absolute atomic E-state index is 0.686. The molecule has 0 heterocycles. The highest BCUT2D eigenvalue weighted by Gasteiger charge is 2.07. The lowest BCUT2D eigenvalue weighted by atomic mass is 10.0. The van der Waals surface area contributed by atoms with Crippen LogP contribution < -0.4 is 14.2 Å². The van der Waals surface area contributed by atoms with E-state index in [-0.39, 0.29) is 0 Å². The summed E-state index contributed by atoms with van der Waals surface area (Å²) in [5.74, 6) is 2.19. The molecular weight excluding hydrogens is 302 g/mol. The van der Waals surface area contributed by atoms with E-state index in [9.17, 15) is 0 Å². The van der Waals surface area contributed by atoms with Crippen LogP contribution in [0.4, 0.5) is 5.69 Å². The van der Waals surface area contributed by atoms with Crippen LogP contribution in [0.5, 0.6) is 17.2 Å². The van der Waals surface area contributed by atoms with Gasteiger partial charge in [-0.05, 0) is 29.0 Å². The third-order valence-corrected chi connectivity index (χ3v) is 3.87. The Hall–Kier alpha value is -3.01. The van der Waals surface area contributed by atoms with E-state index in [0.29, 0.717) is 11.4 Å². The number of aliphatic imine (C=N–C) groups is 1. The van der Waals surface area contributed by atoms with Crippen molar-refractivity contribution in [3.05, 3.63) is 60.2 Å². The predicted molar refractivity (Wildman–Crippen MR) is 97.3 cm³/mol. The van der Waals surface area contributed by atoms with Crippen molar-refractivity contribution in [2.45, 2.75) is 0 Å². The molecule has 0 amide bonds. The summed E-state index contributed by atoms with van der Waals surface area (Å²) in [6, 6.07) is 17.7. The largest absolute Gasteiger partial charge is 0.497 e. The molecule has 0 unspecified atom stereocenters. The van der Waals surface area contributed by atoms with Gasteiger partial charge in [0.25, 0.3) is 0 Å². The van der Waals surface area contributed by atoms with E-state index < -0.39 is 0 Å². The lowest BCUT2D eigenvalue weighted by molar-refractivity contribution is 0.404. The fourth-order valence-corrected chi connectivity index (χ4v) is 2.62. The summed E-state index contributed by atoms with van der Waals surface area (Å²) >= 11 is 0. The summed E-state index contributed by atoms with van der Waals surface area (Å²) in [6.45, 7) is 0. The van der Waals surface area contributed by atoms with E-state index >= 15 is 0 Å². The summed E-state index contributed by atoms with van der Waals surface area (Å²) in [7, 11) is 4.91. The monoisotopic (exact) mass is 321 g/mol. The van der Waals surface area contributed by atoms with Gasteiger partial charge in [0.05, 0.1) is 21.3 Å². The molecular formula is C20H19NO3. The molecule has 0 aliphatic rings. The Kier molecular flexibility index (Phi) is 4.66.